The average molecular weight is 439 g/mol. The standard InChI is InChI=1S/C15H28O2.C12H22O2/c1-3-5-6-7-8-9-10-11-12-13-14-17-15(16)4-2;1-4-5-6-7-8-9-10-14-12(13)11(2)3/h4H,2-3,5-14H2,1H3;2,4-10H2,1,3H3. The van der Waals surface area contributed by atoms with Gasteiger partial charge in [-0.3, -0.25) is 0 Å². The largest absolute Gasteiger partial charge is 0.463 e. The molecule has 0 atom stereocenters. The number of rotatable bonds is 20. The lowest BCUT2D eigenvalue weighted by atomic mass is 10.1. The van der Waals surface area contributed by atoms with Gasteiger partial charge in [-0.1, -0.05) is 117 Å². The molecule has 0 bridgehead atoms. The fraction of sp³-hybridized carbons (Fsp3) is 0.778. The number of ether oxygens (including phenoxy) is 2. The Balaban J connectivity index is 0. The molecule has 0 rings (SSSR count). The summed E-state index contributed by atoms with van der Waals surface area (Å²) >= 11 is 0. The minimum absolute atomic E-state index is 0.265. The van der Waals surface area contributed by atoms with Crippen molar-refractivity contribution in [2.45, 2.75) is 124 Å². The van der Waals surface area contributed by atoms with Gasteiger partial charge in [0.05, 0.1) is 13.2 Å². The molecule has 0 radical (unpaired) electrons. The van der Waals surface area contributed by atoms with Crippen LogP contribution < -0.4 is 0 Å². The second-order valence-electron chi connectivity index (χ2n) is 8.24. The molecule has 4 heteroatoms. The Morgan fingerprint density at radius 2 is 1.00 bits per heavy atom. The topological polar surface area (TPSA) is 52.6 Å². The van der Waals surface area contributed by atoms with E-state index in [4.69, 9.17) is 9.47 Å². The zero-order valence-electron chi connectivity index (χ0n) is 20.9. The highest BCUT2D eigenvalue weighted by Gasteiger charge is 2.01. The van der Waals surface area contributed by atoms with Gasteiger partial charge in [0, 0.05) is 11.6 Å². The maximum Gasteiger partial charge on any atom is 0.333 e. The molecule has 0 N–H and O–H groups in total. The zero-order chi connectivity index (χ0) is 23.6. The first kappa shape index (κ1) is 31.6. The van der Waals surface area contributed by atoms with Crippen LogP contribution in [0.2, 0.25) is 0 Å². The predicted molar refractivity (Wildman–Crippen MR) is 132 cm³/mol. The van der Waals surface area contributed by atoms with Crippen LogP contribution in [0.3, 0.4) is 0 Å². The summed E-state index contributed by atoms with van der Waals surface area (Å²) in [6.07, 6.45) is 21.4. The van der Waals surface area contributed by atoms with Gasteiger partial charge in [-0.15, -0.1) is 0 Å². The number of unbranched alkanes of at least 4 members (excludes halogenated alkanes) is 14. The lowest BCUT2D eigenvalue weighted by molar-refractivity contribution is -0.139. The monoisotopic (exact) mass is 438 g/mol. The van der Waals surface area contributed by atoms with Gasteiger partial charge in [0.25, 0.3) is 0 Å². The minimum atomic E-state index is -0.305. The second-order valence-corrected chi connectivity index (χ2v) is 8.24. The highest BCUT2D eigenvalue weighted by molar-refractivity contribution is 5.86. The van der Waals surface area contributed by atoms with E-state index in [0.29, 0.717) is 18.8 Å². The molecule has 0 saturated carbocycles. The SMILES string of the molecule is C=C(C)C(=O)OCCCCCCCC.C=CC(=O)OCCCCCCCCCCCC. The van der Waals surface area contributed by atoms with E-state index < -0.39 is 0 Å². The molecule has 0 aromatic heterocycles. The lowest BCUT2D eigenvalue weighted by Crippen LogP contribution is -2.05. The predicted octanol–water partition coefficient (Wildman–Crippen LogP) is 8.10. The summed E-state index contributed by atoms with van der Waals surface area (Å²) in [6, 6.07) is 0. The maximum absolute atomic E-state index is 11.0. The van der Waals surface area contributed by atoms with Gasteiger partial charge in [-0.2, -0.15) is 0 Å². The molecular formula is C27H50O4. The van der Waals surface area contributed by atoms with E-state index in [0.717, 1.165) is 19.3 Å². The molecule has 0 spiro atoms. The van der Waals surface area contributed by atoms with Crippen molar-refractivity contribution in [3.8, 4) is 0 Å². The first-order chi connectivity index (χ1) is 15.0. The van der Waals surface area contributed by atoms with Crippen molar-refractivity contribution < 1.29 is 19.1 Å². The van der Waals surface area contributed by atoms with Crippen molar-refractivity contribution >= 4 is 11.9 Å². The first-order valence-electron chi connectivity index (χ1n) is 12.6. The van der Waals surface area contributed by atoms with Crippen LogP contribution in [-0.2, 0) is 19.1 Å². The third-order valence-electron chi connectivity index (χ3n) is 4.99. The highest BCUT2D eigenvalue weighted by Crippen LogP contribution is 2.10. The summed E-state index contributed by atoms with van der Waals surface area (Å²) < 4.78 is 9.88. The molecule has 0 saturated heterocycles. The average Bonchev–Trinajstić information content (AvgIpc) is 2.76. The number of esters is 2. The van der Waals surface area contributed by atoms with Gasteiger partial charge in [-0.05, 0) is 19.8 Å². The molecule has 0 heterocycles. The summed E-state index contributed by atoms with van der Waals surface area (Å²) in [4.78, 5) is 21.7. The van der Waals surface area contributed by atoms with Crippen LogP contribution in [0.15, 0.2) is 24.8 Å². The normalized spacial score (nSPS) is 10.0. The summed E-state index contributed by atoms with van der Waals surface area (Å²) in [6.45, 7) is 14.1. The molecule has 0 aromatic rings. The summed E-state index contributed by atoms with van der Waals surface area (Å²) in [5.41, 5.74) is 0.482. The molecule has 31 heavy (non-hydrogen) atoms. The number of carbonyl (C=O) groups excluding carboxylic acids is 2. The molecular weight excluding hydrogens is 388 g/mol. The summed E-state index contributed by atoms with van der Waals surface area (Å²) in [5.74, 6) is -0.570. The zero-order valence-corrected chi connectivity index (χ0v) is 20.9. The summed E-state index contributed by atoms with van der Waals surface area (Å²) in [5, 5.41) is 0. The van der Waals surface area contributed by atoms with E-state index >= 15 is 0 Å². The lowest BCUT2D eigenvalue weighted by Gasteiger charge is -2.03. The van der Waals surface area contributed by atoms with Crippen LogP contribution in [0, 0.1) is 0 Å². The van der Waals surface area contributed by atoms with Gasteiger partial charge in [0.1, 0.15) is 0 Å². The highest BCUT2D eigenvalue weighted by atomic mass is 16.5. The number of hydrogen-bond donors (Lipinski definition) is 0. The molecule has 182 valence electrons. The van der Waals surface area contributed by atoms with Gasteiger partial charge in [0.2, 0.25) is 0 Å². The molecule has 4 nitrogen and oxygen atoms in total. The maximum atomic E-state index is 11.0. The van der Waals surface area contributed by atoms with E-state index in [2.05, 4.69) is 27.0 Å². The Hall–Kier alpha value is -1.58. The third-order valence-corrected chi connectivity index (χ3v) is 4.99. The van der Waals surface area contributed by atoms with Crippen molar-refractivity contribution in [2.24, 2.45) is 0 Å². The van der Waals surface area contributed by atoms with Gasteiger partial charge < -0.3 is 9.47 Å². The van der Waals surface area contributed by atoms with Crippen LogP contribution in [0.4, 0.5) is 0 Å². The first-order valence-corrected chi connectivity index (χ1v) is 12.6. The van der Waals surface area contributed by atoms with Crippen LogP contribution in [0.25, 0.3) is 0 Å². The van der Waals surface area contributed by atoms with E-state index in [1.807, 2.05) is 0 Å². The van der Waals surface area contributed by atoms with Crippen molar-refractivity contribution in [1.29, 1.82) is 0 Å². The molecule has 0 aliphatic heterocycles. The smallest absolute Gasteiger partial charge is 0.333 e. The Kier molecular flexibility index (Phi) is 27.0. The Bertz CT molecular complexity index is 443. The Labute approximate surface area is 192 Å². The summed E-state index contributed by atoms with van der Waals surface area (Å²) in [7, 11) is 0. The van der Waals surface area contributed by atoms with Crippen molar-refractivity contribution in [3.05, 3.63) is 24.8 Å². The number of carbonyl (C=O) groups is 2. The van der Waals surface area contributed by atoms with Crippen LogP contribution in [0.1, 0.15) is 124 Å². The molecule has 0 fully saturated rings. The van der Waals surface area contributed by atoms with E-state index in [-0.39, 0.29) is 11.9 Å². The fourth-order valence-corrected chi connectivity index (χ4v) is 2.99. The minimum Gasteiger partial charge on any atom is -0.463 e. The van der Waals surface area contributed by atoms with Crippen LogP contribution in [0.5, 0.6) is 0 Å². The second kappa shape index (κ2) is 26.5. The molecule has 0 aliphatic carbocycles. The molecule has 0 unspecified atom stereocenters. The van der Waals surface area contributed by atoms with E-state index in [1.165, 1.54) is 89.5 Å². The van der Waals surface area contributed by atoms with Crippen molar-refractivity contribution in [1.82, 2.24) is 0 Å². The molecule has 0 aromatic carbocycles. The van der Waals surface area contributed by atoms with Crippen LogP contribution in [-0.4, -0.2) is 25.2 Å². The van der Waals surface area contributed by atoms with Crippen molar-refractivity contribution in [3.63, 3.8) is 0 Å². The third kappa shape index (κ3) is 28.4. The van der Waals surface area contributed by atoms with E-state index in [9.17, 15) is 9.59 Å². The van der Waals surface area contributed by atoms with E-state index in [1.54, 1.807) is 6.92 Å². The molecule has 0 aliphatic rings. The molecule has 0 amide bonds. The van der Waals surface area contributed by atoms with Gasteiger partial charge in [0.15, 0.2) is 0 Å². The van der Waals surface area contributed by atoms with Crippen molar-refractivity contribution in [2.75, 3.05) is 13.2 Å². The quantitative estimate of drug-likeness (QED) is 0.109. The Morgan fingerprint density at radius 1 is 0.645 bits per heavy atom. The van der Waals surface area contributed by atoms with Gasteiger partial charge in [-0.25, -0.2) is 9.59 Å². The Morgan fingerprint density at radius 3 is 1.35 bits per heavy atom. The van der Waals surface area contributed by atoms with Gasteiger partial charge >= 0.3 is 11.9 Å². The fourth-order valence-electron chi connectivity index (χ4n) is 2.99. The number of hydrogen-bond acceptors (Lipinski definition) is 4. The van der Waals surface area contributed by atoms with Crippen LogP contribution >= 0.6 is 0 Å².